The van der Waals surface area contributed by atoms with Gasteiger partial charge in [0.1, 0.15) is 29.1 Å². The Balaban J connectivity index is 1.63. The number of aryl methyl sites for hydroxylation is 1. The van der Waals surface area contributed by atoms with Gasteiger partial charge in [-0.05, 0) is 48.9 Å². The lowest BCUT2D eigenvalue weighted by atomic mass is 10.1. The van der Waals surface area contributed by atoms with E-state index in [0.29, 0.717) is 12.0 Å². The highest BCUT2D eigenvalue weighted by atomic mass is 16.5. The van der Waals surface area contributed by atoms with Gasteiger partial charge in [-0.1, -0.05) is 18.2 Å². The van der Waals surface area contributed by atoms with Crippen molar-refractivity contribution in [3.05, 3.63) is 83.4 Å². The highest BCUT2D eigenvalue weighted by molar-refractivity contribution is 6.04. The van der Waals surface area contributed by atoms with Gasteiger partial charge in [0.05, 0.1) is 18.5 Å². The number of pyridine rings is 2. The summed E-state index contributed by atoms with van der Waals surface area (Å²) in [6.07, 6.45) is 2.88. The number of methoxy groups -OCH3 is 1. The Labute approximate surface area is 193 Å². The number of nitrogens with one attached hydrogen (secondary N) is 3. The Bertz CT molecular complexity index is 1290. The van der Waals surface area contributed by atoms with E-state index in [9.17, 15) is 0 Å². The van der Waals surface area contributed by atoms with Gasteiger partial charge in [-0.25, -0.2) is 9.98 Å². The van der Waals surface area contributed by atoms with E-state index in [0.717, 1.165) is 52.8 Å². The molecule has 4 aromatic rings. The smallest absolute Gasteiger partial charge is 0.186 e. The van der Waals surface area contributed by atoms with Crippen LogP contribution in [0.15, 0.2) is 65.8 Å². The van der Waals surface area contributed by atoms with E-state index in [1.165, 1.54) is 5.56 Å². The largest absolute Gasteiger partial charge is 0.497 e. The van der Waals surface area contributed by atoms with Crippen LogP contribution >= 0.6 is 0 Å². The zero-order valence-corrected chi connectivity index (χ0v) is 19.0. The Morgan fingerprint density at radius 2 is 1.91 bits per heavy atom. The Morgan fingerprint density at radius 1 is 1.09 bits per heavy atom. The van der Waals surface area contributed by atoms with Crippen LogP contribution in [-0.4, -0.2) is 46.2 Å². The molecule has 4 rings (SSSR count). The molecule has 3 heterocycles. The first-order valence-corrected chi connectivity index (χ1v) is 10.6. The molecule has 33 heavy (non-hydrogen) atoms. The number of aromatic amines is 2. The minimum absolute atomic E-state index is 0.614. The fourth-order valence-corrected chi connectivity index (χ4v) is 3.64. The third-order valence-corrected chi connectivity index (χ3v) is 5.20. The van der Waals surface area contributed by atoms with E-state index in [1.807, 2.05) is 55.6 Å². The molecule has 166 valence electrons. The molecule has 0 aliphatic rings. The summed E-state index contributed by atoms with van der Waals surface area (Å²) in [4.78, 5) is 22.4. The molecule has 0 spiro atoms. The second-order valence-corrected chi connectivity index (χ2v) is 7.81. The van der Waals surface area contributed by atoms with Crippen LogP contribution in [0.2, 0.25) is 0 Å². The average molecular weight is 439 g/mol. The van der Waals surface area contributed by atoms with Gasteiger partial charge in [0.15, 0.2) is 7.98 Å². The SMILES string of the molecule is BN(Cc1ccc(OC)cc1)Cc1nc(-c2cccc(C)n2)c(-c2cc/c(=N/C=N)[nH]c2)[nH]1. The summed E-state index contributed by atoms with van der Waals surface area (Å²) in [5.41, 5.74) is 6.20. The molecule has 0 aliphatic carbocycles. The molecule has 0 bridgehead atoms. The predicted octanol–water partition coefficient (Wildman–Crippen LogP) is 2.84. The fourth-order valence-electron chi connectivity index (χ4n) is 3.64. The number of hydrogen-bond acceptors (Lipinski definition) is 5. The van der Waals surface area contributed by atoms with E-state index < -0.39 is 0 Å². The van der Waals surface area contributed by atoms with Crippen molar-refractivity contribution in [1.29, 1.82) is 5.41 Å². The summed E-state index contributed by atoms with van der Waals surface area (Å²) in [5, 5.41) is 7.15. The lowest BCUT2D eigenvalue weighted by Crippen LogP contribution is -2.19. The topological polar surface area (TPSA) is 106 Å². The summed E-state index contributed by atoms with van der Waals surface area (Å²) >= 11 is 0. The average Bonchev–Trinajstić information content (AvgIpc) is 3.24. The number of H-pyrrole nitrogens is 2. The van der Waals surface area contributed by atoms with Crippen molar-refractivity contribution in [2.75, 3.05) is 7.11 Å². The van der Waals surface area contributed by atoms with Gasteiger partial charge in [-0.15, -0.1) is 0 Å². The molecule has 0 atom stereocenters. The van der Waals surface area contributed by atoms with Crippen LogP contribution in [0.25, 0.3) is 22.6 Å². The van der Waals surface area contributed by atoms with E-state index in [1.54, 1.807) is 7.11 Å². The second kappa shape index (κ2) is 10.1. The van der Waals surface area contributed by atoms with Crippen molar-refractivity contribution < 1.29 is 4.74 Å². The minimum atomic E-state index is 0.614. The molecule has 0 saturated carbocycles. The molecule has 0 unspecified atom stereocenters. The molecule has 0 aliphatic heterocycles. The van der Waals surface area contributed by atoms with Crippen LogP contribution in [-0.2, 0) is 13.1 Å². The van der Waals surface area contributed by atoms with Crippen LogP contribution in [0.3, 0.4) is 0 Å². The molecular formula is C24H26BN7O. The zero-order chi connectivity index (χ0) is 23.2. The summed E-state index contributed by atoms with van der Waals surface area (Å²) in [7, 11) is 3.74. The van der Waals surface area contributed by atoms with Gasteiger partial charge in [0.2, 0.25) is 0 Å². The maximum atomic E-state index is 7.15. The van der Waals surface area contributed by atoms with Crippen molar-refractivity contribution >= 4 is 14.3 Å². The normalized spacial score (nSPS) is 11.7. The van der Waals surface area contributed by atoms with Crippen molar-refractivity contribution in [2.45, 2.75) is 20.0 Å². The first-order valence-electron chi connectivity index (χ1n) is 10.6. The summed E-state index contributed by atoms with van der Waals surface area (Å²) in [6.45, 7) is 3.41. The Hall–Kier alpha value is -3.98. The van der Waals surface area contributed by atoms with Gasteiger partial charge in [-0.3, -0.25) is 10.4 Å². The standard InChI is InChI=1S/C24H26BN7O/c1-16-4-3-5-20(29-16)24-23(18-8-11-21(27-12-18)28-15-26)30-22(31-24)14-32(25)13-17-6-9-19(33-2)10-7-17/h3-12,15H,13-14,25H2,1-2H3,(H,30,31)(H2,26,27,28). The molecule has 3 aromatic heterocycles. The zero-order valence-electron chi connectivity index (χ0n) is 19.0. The molecule has 0 radical (unpaired) electrons. The number of rotatable bonds is 8. The molecule has 1 aromatic carbocycles. The molecule has 0 fully saturated rings. The van der Waals surface area contributed by atoms with Gasteiger partial charge < -0.3 is 19.5 Å². The molecule has 9 heteroatoms. The lowest BCUT2D eigenvalue weighted by Gasteiger charge is -2.16. The lowest BCUT2D eigenvalue weighted by molar-refractivity contribution is 0.412. The maximum absolute atomic E-state index is 7.15. The number of hydrogen-bond donors (Lipinski definition) is 3. The predicted molar refractivity (Wildman–Crippen MR) is 131 cm³/mol. The Kier molecular flexibility index (Phi) is 6.80. The first kappa shape index (κ1) is 22.2. The molecule has 0 amide bonds. The van der Waals surface area contributed by atoms with E-state index in [-0.39, 0.29) is 0 Å². The molecule has 0 saturated heterocycles. The quantitative estimate of drug-likeness (QED) is 0.223. The van der Waals surface area contributed by atoms with Gasteiger partial charge in [-0.2, -0.15) is 0 Å². The molecule has 3 N–H and O–H groups in total. The number of aromatic nitrogens is 4. The minimum Gasteiger partial charge on any atom is -0.497 e. The van der Waals surface area contributed by atoms with E-state index >= 15 is 0 Å². The van der Waals surface area contributed by atoms with Gasteiger partial charge >= 0.3 is 0 Å². The molecular weight excluding hydrogens is 413 g/mol. The van der Waals surface area contributed by atoms with Crippen molar-refractivity contribution in [2.24, 2.45) is 4.99 Å². The van der Waals surface area contributed by atoms with Gasteiger partial charge in [0.25, 0.3) is 0 Å². The third kappa shape index (κ3) is 5.45. The monoisotopic (exact) mass is 439 g/mol. The van der Waals surface area contributed by atoms with Crippen LogP contribution < -0.4 is 10.2 Å². The highest BCUT2D eigenvalue weighted by Gasteiger charge is 2.16. The maximum Gasteiger partial charge on any atom is 0.186 e. The molecule has 8 nitrogen and oxygen atoms in total. The van der Waals surface area contributed by atoms with Crippen LogP contribution in [0.4, 0.5) is 0 Å². The number of nitrogens with zero attached hydrogens (tertiary/aromatic N) is 4. The Morgan fingerprint density at radius 3 is 2.58 bits per heavy atom. The summed E-state index contributed by atoms with van der Waals surface area (Å²) < 4.78 is 5.25. The summed E-state index contributed by atoms with van der Waals surface area (Å²) in [5.74, 6) is 1.70. The number of imidazole rings is 1. The summed E-state index contributed by atoms with van der Waals surface area (Å²) in [6, 6.07) is 17.8. The number of ether oxygens (including phenoxy) is 1. The van der Waals surface area contributed by atoms with Gasteiger partial charge in [0, 0.05) is 30.5 Å². The third-order valence-electron chi connectivity index (χ3n) is 5.20. The van der Waals surface area contributed by atoms with Crippen LogP contribution in [0.5, 0.6) is 5.75 Å². The first-order chi connectivity index (χ1) is 16.1. The van der Waals surface area contributed by atoms with Crippen LogP contribution in [0.1, 0.15) is 17.1 Å². The van der Waals surface area contributed by atoms with Crippen molar-refractivity contribution in [1.82, 2.24) is 24.7 Å². The highest BCUT2D eigenvalue weighted by Crippen LogP contribution is 2.29. The second-order valence-electron chi connectivity index (χ2n) is 7.81. The van der Waals surface area contributed by atoms with Crippen molar-refractivity contribution in [3.63, 3.8) is 0 Å². The van der Waals surface area contributed by atoms with Crippen molar-refractivity contribution in [3.8, 4) is 28.4 Å². The number of benzene rings is 1. The fraction of sp³-hybridized carbons (Fsp3) is 0.167. The van der Waals surface area contributed by atoms with E-state index in [2.05, 4.69) is 44.9 Å². The van der Waals surface area contributed by atoms with E-state index in [4.69, 9.17) is 15.1 Å². The van der Waals surface area contributed by atoms with Crippen LogP contribution in [0, 0.1) is 12.3 Å².